The smallest absolute Gasteiger partial charge is 0.222 e. The number of carbonyl (C=O) groups is 1. The lowest BCUT2D eigenvalue weighted by Crippen LogP contribution is -2.34. The van der Waals surface area contributed by atoms with Crippen molar-refractivity contribution >= 4 is 5.91 Å². The Morgan fingerprint density at radius 3 is 2.85 bits per heavy atom. The van der Waals surface area contributed by atoms with E-state index in [0.29, 0.717) is 0 Å². The van der Waals surface area contributed by atoms with Crippen molar-refractivity contribution in [3.05, 3.63) is 0 Å². The highest BCUT2D eigenvalue weighted by molar-refractivity contribution is 5.76. The van der Waals surface area contributed by atoms with Gasteiger partial charge in [0, 0.05) is 7.05 Å². The van der Waals surface area contributed by atoms with Crippen LogP contribution in [0.3, 0.4) is 0 Å². The van der Waals surface area contributed by atoms with Crippen LogP contribution in [0.1, 0.15) is 19.3 Å². The van der Waals surface area contributed by atoms with Crippen molar-refractivity contribution in [1.29, 1.82) is 5.26 Å². The van der Waals surface area contributed by atoms with Gasteiger partial charge in [-0.15, -0.1) is 0 Å². The van der Waals surface area contributed by atoms with Crippen LogP contribution in [-0.2, 0) is 4.79 Å². The van der Waals surface area contributed by atoms with Crippen LogP contribution >= 0.6 is 0 Å². The molecule has 1 aliphatic rings. The van der Waals surface area contributed by atoms with Gasteiger partial charge in [-0.1, -0.05) is 0 Å². The molecule has 0 aliphatic heterocycles. The SMILES string of the molecule is CNC(=O)CC(C#N)NCC1CC1. The second kappa shape index (κ2) is 4.83. The van der Waals surface area contributed by atoms with Gasteiger partial charge in [0.25, 0.3) is 0 Å². The highest BCUT2D eigenvalue weighted by atomic mass is 16.1. The quantitative estimate of drug-likeness (QED) is 0.628. The molecule has 4 nitrogen and oxygen atoms in total. The number of nitrogens with zero attached hydrogens (tertiary/aromatic N) is 1. The molecule has 0 heterocycles. The zero-order chi connectivity index (χ0) is 9.68. The Morgan fingerprint density at radius 1 is 1.69 bits per heavy atom. The molecule has 0 saturated heterocycles. The average Bonchev–Trinajstić information content (AvgIpc) is 2.95. The van der Waals surface area contributed by atoms with Gasteiger partial charge in [-0.05, 0) is 25.3 Å². The van der Waals surface area contributed by atoms with Gasteiger partial charge in [0.1, 0.15) is 6.04 Å². The van der Waals surface area contributed by atoms with Gasteiger partial charge in [0.05, 0.1) is 12.5 Å². The molecule has 0 aromatic rings. The molecule has 2 N–H and O–H groups in total. The van der Waals surface area contributed by atoms with E-state index in [-0.39, 0.29) is 18.4 Å². The van der Waals surface area contributed by atoms with E-state index in [1.165, 1.54) is 12.8 Å². The van der Waals surface area contributed by atoms with E-state index < -0.39 is 0 Å². The Balaban J connectivity index is 2.17. The summed E-state index contributed by atoms with van der Waals surface area (Å²) in [5.41, 5.74) is 0. The lowest BCUT2D eigenvalue weighted by atomic mass is 10.2. The second-order valence-electron chi connectivity index (χ2n) is 3.41. The number of amides is 1. The highest BCUT2D eigenvalue weighted by Gasteiger charge is 2.22. The molecule has 72 valence electrons. The number of nitrogens with one attached hydrogen (secondary N) is 2. The van der Waals surface area contributed by atoms with E-state index >= 15 is 0 Å². The summed E-state index contributed by atoms with van der Waals surface area (Å²) in [6, 6.07) is 1.75. The number of hydrogen-bond acceptors (Lipinski definition) is 3. The predicted octanol–water partition coefficient (Wildman–Crippen LogP) is 0.0143. The summed E-state index contributed by atoms with van der Waals surface area (Å²) in [5.74, 6) is 0.649. The van der Waals surface area contributed by atoms with Crippen LogP contribution in [0.5, 0.6) is 0 Å². The maximum absolute atomic E-state index is 10.9. The number of nitriles is 1. The molecule has 0 aromatic carbocycles. The Hall–Kier alpha value is -1.08. The molecule has 0 radical (unpaired) electrons. The third kappa shape index (κ3) is 3.90. The molecule has 1 saturated carbocycles. The van der Waals surface area contributed by atoms with Crippen molar-refractivity contribution in [3.8, 4) is 6.07 Å². The van der Waals surface area contributed by atoms with Crippen LogP contribution in [0.25, 0.3) is 0 Å². The minimum atomic E-state index is -0.333. The van der Waals surface area contributed by atoms with Gasteiger partial charge < -0.3 is 10.6 Å². The normalized spacial score (nSPS) is 17.5. The van der Waals surface area contributed by atoms with Crippen molar-refractivity contribution in [2.45, 2.75) is 25.3 Å². The highest BCUT2D eigenvalue weighted by Crippen LogP contribution is 2.27. The van der Waals surface area contributed by atoms with Gasteiger partial charge >= 0.3 is 0 Å². The molecule has 1 aliphatic carbocycles. The molecule has 0 aromatic heterocycles. The molecule has 0 spiro atoms. The van der Waals surface area contributed by atoms with Crippen molar-refractivity contribution < 1.29 is 4.79 Å². The summed E-state index contributed by atoms with van der Waals surface area (Å²) < 4.78 is 0. The minimum Gasteiger partial charge on any atom is -0.359 e. The van der Waals surface area contributed by atoms with E-state index in [2.05, 4.69) is 16.7 Å². The molecule has 1 amide bonds. The Labute approximate surface area is 78.3 Å². The minimum absolute atomic E-state index is 0.0881. The first-order valence-electron chi connectivity index (χ1n) is 4.60. The summed E-state index contributed by atoms with van der Waals surface area (Å²) in [5, 5.41) is 14.3. The molecule has 1 unspecified atom stereocenters. The van der Waals surface area contributed by atoms with E-state index in [4.69, 9.17) is 5.26 Å². The van der Waals surface area contributed by atoms with Crippen molar-refractivity contribution in [2.24, 2.45) is 5.92 Å². The van der Waals surface area contributed by atoms with Gasteiger partial charge in [-0.3, -0.25) is 4.79 Å². The summed E-state index contributed by atoms with van der Waals surface area (Å²) in [4.78, 5) is 10.9. The molecule has 4 heteroatoms. The fourth-order valence-corrected chi connectivity index (χ4v) is 1.08. The first kappa shape index (κ1) is 10.0. The maximum Gasteiger partial charge on any atom is 0.222 e. The first-order valence-corrected chi connectivity index (χ1v) is 4.60. The van der Waals surface area contributed by atoms with Crippen LogP contribution < -0.4 is 10.6 Å². The molecule has 0 bridgehead atoms. The van der Waals surface area contributed by atoms with E-state index in [9.17, 15) is 4.79 Å². The fraction of sp³-hybridized carbons (Fsp3) is 0.778. The Bertz CT molecular complexity index is 217. The molecular formula is C9H15N3O. The van der Waals surface area contributed by atoms with Crippen LogP contribution in [0.4, 0.5) is 0 Å². The molecule has 13 heavy (non-hydrogen) atoms. The topological polar surface area (TPSA) is 64.9 Å². The summed E-state index contributed by atoms with van der Waals surface area (Å²) >= 11 is 0. The van der Waals surface area contributed by atoms with Crippen LogP contribution in [-0.4, -0.2) is 25.5 Å². The summed E-state index contributed by atoms with van der Waals surface area (Å²) in [6.07, 6.45) is 2.76. The standard InChI is InChI=1S/C9H15N3O/c1-11-9(13)4-8(5-10)12-6-7-2-3-7/h7-8,12H,2-4,6H2,1H3,(H,11,13). The van der Waals surface area contributed by atoms with E-state index in [1.807, 2.05) is 0 Å². The third-order valence-electron chi connectivity index (χ3n) is 2.17. The second-order valence-corrected chi connectivity index (χ2v) is 3.41. The van der Waals surface area contributed by atoms with Gasteiger partial charge in [0.15, 0.2) is 0 Å². The number of hydrogen-bond donors (Lipinski definition) is 2. The van der Waals surface area contributed by atoms with Gasteiger partial charge in [-0.25, -0.2) is 0 Å². The van der Waals surface area contributed by atoms with E-state index in [0.717, 1.165) is 12.5 Å². The zero-order valence-electron chi connectivity index (χ0n) is 7.84. The first-order chi connectivity index (χ1) is 6.26. The van der Waals surface area contributed by atoms with Crippen LogP contribution in [0.15, 0.2) is 0 Å². The molecule has 1 atom stereocenters. The molecule has 1 rings (SSSR count). The number of carbonyl (C=O) groups excluding carboxylic acids is 1. The molecule has 1 fully saturated rings. The Morgan fingerprint density at radius 2 is 2.38 bits per heavy atom. The van der Waals surface area contributed by atoms with Crippen LogP contribution in [0.2, 0.25) is 0 Å². The van der Waals surface area contributed by atoms with E-state index in [1.54, 1.807) is 7.05 Å². The summed E-state index contributed by atoms with van der Waals surface area (Å²) in [7, 11) is 1.58. The maximum atomic E-state index is 10.9. The van der Waals surface area contributed by atoms with Crippen molar-refractivity contribution in [2.75, 3.05) is 13.6 Å². The zero-order valence-corrected chi connectivity index (χ0v) is 7.84. The fourth-order valence-electron chi connectivity index (χ4n) is 1.08. The van der Waals surface area contributed by atoms with Gasteiger partial charge in [0.2, 0.25) is 5.91 Å². The van der Waals surface area contributed by atoms with Gasteiger partial charge in [-0.2, -0.15) is 5.26 Å². The third-order valence-corrected chi connectivity index (χ3v) is 2.17. The summed E-state index contributed by atoms with van der Waals surface area (Å²) in [6.45, 7) is 0.870. The van der Waals surface area contributed by atoms with Crippen molar-refractivity contribution in [1.82, 2.24) is 10.6 Å². The lowest BCUT2D eigenvalue weighted by Gasteiger charge is -2.09. The lowest BCUT2D eigenvalue weighted by molar-refractivity contribution is -0.120. The largest absolute Gasteiger partial charge is 0.359 e. The van der Waals surface area contributed by atoms with Crippen molar-refractivity contribution in [3.63, 3.8) is 0 Å². The Kier molecular flexibility index (Phi) is 3.71. The van der Waals surface area contributed by atoms with Crippen LogP contribution in [0, 0.1) is 17.2 Å². The molecular weight excluding hydrogens is 166 g/mol. The predicted molar refractivity (Wildman–Crippen MR) is 48.8 cm³/mol. The number of rotatable bonds is 5. The monoisotopic (exact) mass is 181 g/mol. The average molecular weight is 181 g/mol.